The monoisotopic (exact) mass is 1050 g/mol. The fourth-order valence-electron chi connectivity index (χ4n) is 10.0. The van der Waals surface area contributed by atoms with Crippen LogP contribution in [0, 0.1) is 11.8 Å². The molecule has 0 radical (unpaired) electrons. The number of rotatable bonds is 24. The number of unbranched alkanes of at least 4 members (excludes halogenated alkanes) is 4. The molecule has 4 amide bonds. The molecule has 14 nitrogen and oxygen atoms in total. The molecular weight excluding hydrogens is 973 g/mol. The van der Waals surface area contributed by atoms with Gasteiger partial charge in [0.05, 0.1) is 22.9 Å². The van der Waals surface area contributed by atoms with Crippen molar-refractivity contribution in [3.05, 3.63) is 108 Å². The van der Waals surface area contributed by atoms with Gasteiger partial charge in [0.15, 0.2) is 0 Å². The summed E-state index contributed by atoms with van der Waals surface area (Å²) in [6.07, 6.45) is 13.1. The standard InChI is InChI=1S/C31H39N3O4S.C27H35N3O4S/c1-3-5-6-12-29(35)33-39(37,38)27-11-8-7-10-26(27)23-15-13-22(14-16-23)21-34-28(9-4-2)32-31(30(34)36,24-17-18-24)25-19-20-25;1-5-7-8-14-25(31)29-35(33,34)23-13-10-9-12-22(23)21-17-15-20(16-18-21)19-30-24(11-6-2)28-27(3,4)26(30)32/h7-8,10-11,13-16,24-25H,3-6,9,12,17-21H2,1-2H3,(H,33,35);9-10,12-13,15-18H,5-8,11,14,19H2,1-4H3,(H,29,31). The van der Waals surface area contributed by atoms with Crippen LogP contribution in [-0.2, 0) is 52.3 Å². The van der Waals surface area contributed by atoms with Crippen LogP contribution in [-0.4, -0.2) is 73.0 Å². The minimum Gasteiger partial charge on any atom is -0.294 e. The average Bonchev–Trinajstić information content (AvgIpc) is 4.33. The van der Waals surface area contributed by atoms with Gasteiger partial charge in [-0.15, -0.1) is 0 Å². The first-order valence-corrected chi connectivity index (χ1v) is 29.6. The number of aliphatic imine (C=N–C) groups is 2. The smallest absolute Gasteiger partial charge is 0.264 e. The highest BCUT2D eigenvalue weighted by atomic mass is 32.2. The molecule has 2 saturated carbocycles. The van der Waals surface area contributed by atoms with Crippen LogP contribution in [0.3, 0.4) is 0 Å². The van der Waals surface area contributed by atoms with E-state index in [1.165, 1.54) is 12.1 Å². The summed E-state index contributed by atoms with van der Waals surface area (Å²) in [4.78, 5) is 64.6. The third kappa shape index (κ3) is 13.1. The second kappa shape index (κ2) is 24.1. The fourth-order valence-corrected chi connectivity index (χ4v) is 12.5. The molecule has 0 aromatic heterocycles. The Morgan fingerprint density at radius 1 is 0.541 bits per heavy atom. The Labute approximate surface area is 439 Å². The van der Waals surface area contributed by atoms with Crippen LogP contribution in [0.15, 0.2) is 117 Å². The minimum absolute atomic E-state index is 0.0175. The number of sulfonamides is 2. The molecule has 2 aliphatic heterocycles. The Kier molecular flexibility index (Phi) is 18.2. The molecule has 8 rings (SSSR count). The Morgan fingerprint density at radius 2 is 0.932 bits per heavy atom. The van der Waals surface area contributed by atoms with Crippen LogP contribution in [0.4, 0.5) is 0 Å². The fraction of sp³-hybridized carbons (Fsp3) is 0.483. The summed E-state index contributed by atoms with van der Waals surface area (Å²) in [6, 6.07) is 28.5. The van der Waals surface area contributed by atoms with E-state index in [4.69, 9.17) is 4.99 Å². The van der Waals surface area contributed by atoms with E-state index >= 15 is 0 Å². The van der Waals surface area contributed by atoms with Crippen molar-refractivity contribution >= 4 is 55.3 Å². The molecule has 0 spiro atoms. The van der Waals surface area contributed by atoms with Gasteiger partial charge in [0.1, 0.15) is 22.7 Å². The zero-order valence-corrected chi connectivity index (χ0v) is 45.6. The average molecular weight is 1050 g/mol. The number of benzene rings is 4. The number of carbonyl (C=O) groups is 4. The lowest BCUT2D eigenvalue weighted by Gasteiger charge is -2.26. The van der Waals surface area contributed by atoms with Crippen LogP contribution in [0.2, 0.25) is 0 Å². The first-order chi connectivity index (χ1) is 35.4. The van der Waals surface area contributed by atoms with E-state index in [2.05, 4.69) is 28.3 Å². The summed E-state index contributed by atoms with van der Waals surface area (Å²) in [5, 5.41) is 0. The predicted molar refractivity (Wildman–Crippen MR) is 291 cm³/mol. The first-order valence-electron chi connectivity index (χ1n) is 26.7. The van der Waals surface area contributed by atoms with Crippen molar-refractivity contribution in [2.75, 3.05) is 0 Å². The predicted octanol–water partition coefficient (Wildman–Crippen LogP) is 10.9. The second-order valence-corrected chi connectivity index (χ2v) is 23.9. The number of hydrogen-bond donors (Lipinski definition) is 2. The molecule has 2 N–H and O–H groups in total. The van der Waals surface area contributed by atoms with Crippen LogP contribution in [0.1, 0.15) is 155 Å². The van der Waals surface area contributed by atoms with Gasteiger partial charge >= 0.3 is 0 Å². The molecule has 0 bridgehead atoms. The van der Waals surface area contributed by atoms with E-state index in [0.29, 0.717) is 54.5 Å². The van der Waals surface area contributed by atoms with E-state index in [0.717, 1.165) is 105 Å². The molecule has 396 valence electrons. The van der Waals surface area contributed by atoms with Gasteiger partial charge in [0.2, 0.25) is 11.8 Å². The topological polar surface area (TPSA) is 192 Å². The number of hydrogen-bond acceptors (Lipinski definition) is 10. The quantitative estimate of drug-likeness (QED) is 0.0648. The van der Waals surface area contributed by atoms with Crippen molar-refractivity contribution in [1.82, 2.24) is 19.2 Å². The summed E-state index contributed by atoms with van der Waals surface area (Å²) in [7, 11) is -8.02. The number of nitrogens with zero attached hydrogens (tertiary/aromatic N) is 4. The van der Waals surface area contributed by atoms with Crippen molar-refractivity contribution in [2.45, 2.75) is 178 Å². The van der Waals surface area contributed by atoms with Gasteiger partial charge in [-0.1, -0.05) is 138 Å². The van der Waals surface area contributed by atoms with Crippen LogP contribution >= 0.6 is 0 Å². The molecule has 0 saturated heterocycles. The Morgan fingerprint density at radius 3 is 1.32 bits per heavy atom. The molecular formula is C58H74N6O8S2. The number of amides is 4. The zero-order valence-electron chi connectivity index (χ0n) is 44.0. The van der Waals surface area contributed by atoms with Crippen LogP contribution in [0.5, 0.6) is 0 Å². The summed E-state index contributed by atoms with van der Waals surface area (Å²) in [5.74, 6) is 1.68. The van der Waals surface area contributed by atoms with E-state index in [1.807, 2.05) is 81.1 Å². The summed E-state index contributed by atoms with van der Waals surface area (Å²) in [6.45, 7) is 12.8. The molecule has 4 aliphatic rings. The minimum atomic E-state index is -4.01. The van der Waals surface area contributed by atoms with Gasteiger partial charge in [-0.05, 0) is 111 Å². The highest BCUT2D eigenvalue weighted by molar-refractivity contribution is 7.90. The maximum atomic E-state index is 13.8. The van der Waals surface area contributed by atoms with E-state index in [9.17, 15) is 36.0 Å². The van der Waals surface area contributed by atoms with Crippen molar-refractivity contribution in [1.29, 1.82) is 0 Å². The number of amidine groups is 2. The van der Waals surface area contributed by atoms with Gasteiger partial charge < -0.3 is 0 Å². The summed E-state index contributed by atoms with van der Waals surface area (Å²) in [5.41, 5.74) is 3.11. The van der Waals surface area contributed by atoms with Crippen molar-refractivity contribution in [2.24, 2.45) is 21.8 Å². The van der Waals surface area contributed by atoms with Crippen molar-refractivity contribution in [3.8, 4) is 22.3 Å². The summed E-state index contributed by atoms with van der Waals surface area (Å²) < 4.78 is 56.6. The molecule has 2 heterocycles. The van der Waals surface area contributed by atoms with Gasteiger partial charge in [0, 0.05) is 36.8 Å². The third-order valence-electron chi connectivity index (χ3n) is 14.1. The molecule has 2 fully saturated rings. The first kappa shape index (κ1) is 55.7. The molecule has 0 unspecified atom stereocenters. The van der Waals surface area contributed by atoms with Gasteiger partial charge in [-0.25, -0.2) is 26.3 Å². The molecule has 0 atom stereocenters. The van der Waals surface area contributed by atoms with E-state index in [1.54, 1.807) is 41.3 Å². The highest BCUT2D eigenvalue weighted by Gasteiger charge is 2.63. The molecule has 74 heavy (non-hydrogen) atoms. The molecule has 16 heteroatoms. The van der Waals surface area contributed by atoms with Gasteiger partial charge in [0.25, 0.3) is 31.9 Å². The van der Waals surface area contributed by atoms with Crippen LogP contribution in [0.25, 0.3) is 22.3 Å². The van der Waals surface area contributed by atoms with Gasteiger partial charge in [-0.3, -0.25) is 39.0 Å². The third-order valence-corrected chi connectivity index (χ3v) is 17.0. The largest absolute Gasteiger partial charge is 0.294 e. The lowest BCUT2D eigenvalue weighted by atomic mass is 9.87. The summed E-state index contributed by atoms with van der Waals surface area (Å²) >= 11 is 0. The number of carbonyl (C=O) groups excluding carboxylic acids is 4. The van der Waals surface area contributed by atoms with E-state index < -0.39 is 42.9 Å². The lowest BCUT2D eigenvalue weighted by molar-refractivity contribution is -0.133. The van der Waals surface area contributed by atoms with Crippen LogP contribution < -0.4 is 9.44 Å². The van der Waals surface area contributed by atoms with E-state index in [-0.39, 0.29) is 34.4 Å². The molecule has 4 aromatic carbocycles. The van der Waals surface area contributed by atoms with Gasteiger partial charge in [-0.2, -0.15) is 0 Å². The maximum Gasteiger partial charge on any atom is 0.264 e. The zero-order chi connectivity index (χ0) is 53.3. The second-order valence-electron chi connectivity index (χ2n) is 20.6. The number of nitrogens with one attached hydrogen (secondary N) is 2. The maximum absolute atomic E-state index is 13.8. The molecule has 2 aliphatic carbocycles. The normalized spacial score (nSPS) is 17.1. The van der Waals surface area contributed by atoms with Crippen molar-refractivity contribution in [3.63, 3.8) is 0 Å². The Balaban J connectivity index is 0.000000218. The van der Waals surface area contributed by atoms with Crippen molar-refractivity contribution < 1.29 is 36.0 Å². The Hall–Kier alpha value is -6.00. The highest BCUT2D eigenvalue weighted by Crippen LogP contribution is 2.57. The Bertz CT molecular complexity index is 2950. The lowest BCUT2D eigenvalue weighted by Crippen LogP contribution is -2.45. The molecule has 4 aromatic rings. The SMILES string of the molecule is CCCCCC(=O)NS(=O)(=O)c1ccccc1-c1ccc(CN2C(=O)C(C)(C)N=C2CCC)cc1.CCCCCC(=O)NS(=O)(=O)c1ccccc1-c1ccc(CN2C(=O)C(C3CC3)(C3CC3)N=C2CCC)cc1.